The van der Waals surface area contributed by atoms with Crippen LogP contribution in [0.5, 0.6) is 0 Å². The summed E-state index contributed by atoms with van der Waals surface area (Å²) >= 11 is 6.07. The first-order valence-corrected chi connectivity index (χ1v) is 6.78. The molecule has 1 aromatic carbocycles. The van der Waals surface area contributed by atoms with Gasteiger partial charge in [-0.1, -0.05) is 30.5 Å². The second-order valence-electron chi connectivity index (χ2n) is 5.01. The van der Waals surface area contributed by atoms with Gasteiger partial charge in [-0.25, -0.2) is 0 Å². The molecule has 0 aliphatic heterocycles. The molecule has 0 aromatic heterocycles. The Morgan fingerprint density at radius 2 is 2.06 bits per heavy atom. The summed E-state index contributed by atoms with van der Waals surface area (Å²) < 4.78 is 0. The lowest BCUT2D eigenvalue weighted by Gasteiger charge is -2.25. The van der Waals surface area contributed by atoms with Gasteiger partial charge in [0.25, 0.3) is 0 Å². The van der Waals surface area contributed by atoms with Crippen LogP contribution in [0.3, 0.4) is 0 Å². The molecule has 3 heteroatoms. The highest BCUT2D eigenvalue weighted by Gasteiger charge is 2.18. The number of halogens is 1. The average Bonchev–Trinajstić information content (AvgIpc) is 2.81. The Labute approximate surface area is 109 Å². The molecule has 0 heterocycles. The van der Waals surface area contributed by atoms with Gasteiger partial charge < -0.3 is 10.6 Å². The highest BCUT2D eigenvalue weighted by atomic mass is 35.5. The molecule has 17 heavy (non-hydrogen) atoms. The van der Waals surface area contributed by atoms with Crippen LogP contribution in [-0.4, -0.2) is 13.6 Å². The maximum atomic E-state index is 6.07. The van der Waals surface area contributed by atoms with Gasteiger partial charge >= 0.3 is 0 Å². The zero-order valence-electron chi connectivity index (χ0n) is 10.5. The fraction of sp³-hybridized carbons (Fsp3) is 0.571. The van der Waals surface area contributed by atoms with Gasteiger partial charge in [0.1, 0.15) is 0 Å². The largest absolute Gasteiger partial charge is 0.374 e. The third-order valence-electron chi connectivity index (χ3n) is 3.69. The summed E-state index contributed by atoms with van der Waals surface area (Å²) in [5, 5.41) is 0.787. The standard InChI is InChI=1S/C14H21ClN2/c1-17(10-11-4-2-3-5-11)14-8-13(15)7-6-12(14)9-16/h6-8,11H,2-5,9-10,16H2,1H3. The first-order valence-electron chi connectivity index (χ1n) is 6.40. The van der Waals surface area contributed by atoms with Gasteiger partial charge in [0.15, 0.2) is 0 Å². The summed E-state index contributed by atoms with van der Waals surface area (Å²) in [6.45, 7) is 1.69. The maximum absolute atomic E-state index is 6.07. The van der Waals surface area contributed by atoms with E-state index in [-0.39, 0.29) is 0 Å². The Kier molecular flexibility index (Phi) is 4.30. The van der Waals surface area contributed by atoms with Crippen molar-refractivity contribution in [3.63, 3.8) is 0 Å². The predicted molar refractivity (Wildman–Crippen MR) is 74.6 cm³/mol. The lowest BCUT2D eigenvalue weighted by atomic mass is 10.1. The minimum Gasteiger partial charge on any atom is -0.374 e. The third kappa shape index (κ3) is 3.14. The molecular formula is C14H21ClN2. The van der Waals surface area contributed by atoms with Gasteiger partial charge in [0.2, 0.25) is 0 Å². The first-order chi connectivity index (χ1) is 8.20. The quantitative estimate of drug-likeness (QED) is 0.890. The van der Waals surface area contributed by atoms with Crippen molar-refractivity contribution in [2.24, 2.45) is 11.7 Å². The van der Waals surface area contributed by atoms with E-state index in [9.17, 15) is 0 Å². The van der Waals surface area contributed by atoms with Gasteiger partial charge in [-0.3, -0.25) is 0 Å². The molecular weight excluding hydrogens is 232 g/mol. The van der Waals surface area contributed by atoms with Crippen LogP contribution in [0.1, 0.15) is 31.2 Å². The molecule has 0 saturated heterocycles. The highest BCUT2D eigenvalue weighted by molar-refractivity contribution is 6.30. The fourth-order valence-electron chi connectivity index (χ4n) is 2.74. The van der Waals surface area contributed by atoms with E-state index in [2.05, 4.69) is 11.9 Å². The lowest BCUT2D eigenvalue weighted by Crippen LogP contribution is -2.25. The van der Waals surface area contributed by atoms with Crippen molar-refractivity contribution >= 4 is 17.3 Å². The number of benzene rings is 1. The molecule has 0 spiro atoms. The number of anilines is 1. The molecule has 0 bridgehead atoms. The molecule has 94 valence electrons. The highest BCUT2D eigenvalue weighted by Crippen LogP contribution is 2.29. The lowest BCUT2D eigenvalue weighted by molar-refractivity contribution is 0.546. The molecule has 1 fully saturated rings. The van der Waals surface area contributed by atoms with Crippen molar-refractivity contribution in [1.82, 2.24) is 0 Å². The maximum Gasteiger partial charge on any atom is 0.0426 e. The van der Waals surface area contributed by atoms with E-state index in [1.54, 1.807) is 0 Å². The van der Waals surface area contributed by atoms with Gasteiger partial charge in [0, 0.05) is 30.8 Å². The van der Waals surface area contributed by atoms with Crippen LogP contribution in [0.25, 0.3) is 0 Å². The van der Waals surface area contributed by atoms with Crippen molar-refractivity contribution in [2.75, 3.05) is 18.5 Å². The van der Waals surface area contributed by atoms with E-state index < -0.39 is 0 Å². The molecule has 2 rings (SSSR count). The summed E-state index contributed by atoms with van der Waals surface area (Å²) in [7, 11) is 2.14. The van der Waals surface area contributed by atoms with Crippen molar-refractivity contribution in [2.45, 2.75) is 32.2 Å². The van der Waals surface area contributed by atoms with Gasteiger partial charge in [0.05, 0.1) is 0 Å². The molecule has 2 nitrogen and oxygen atoms in total. The summed E-state index contributed by atoms with van der Waals surface area (Å²) in [5.74, 6) is 0.838. The van der Waals surface area contributed by atoms with Crippen molar-refractivity contribution in [3.05, 3.63) is 28.8 Å². The van der Waals surface area contributed by atoms with Crippen molar-refractivity contribution < 1.29 is 0 Å². The van der Waals surface area contributed by atoms with E-state index in [1.165, 1.54) is 36.9 Å². The smallest absolute Gasteiger partial charge is 0.0426 e. The number of rotatable bonds is 4. The van der Waals surface area contributed by atoms with Crippen LogP contribution in [-0.2, 0) is 6.54 Å². The molecule has 0 radical (unpaired) electrons. The molecule has 2 N–H and O–H groups in total. The minimum absolute atomic E-state index is 0.571. The van der Waals surface area contributed by atoms with E-state index in [4.69, 9.17) is 17.3 Å². The fourth-order valence-corrected chi connectivity index (χ4v) is 2.91. The summed E-state index contributed by atoms with van der Waals surface area (Å²) in [6.07, 6.45) is 5.50. The van der Waals surface area contributed by atoms with E-state index in [0.717, 1.165) is 17.5 Å². The van der Waals surface area contributed by atoms with E-state index in [1.807, 2.05) is 18.2 Å². The van der Waals surface area contributed by atoms with Crippen LogP contribution in [0.2, 0.25) is 5.02 Å². The monoisotopic (exact) mass is 252 g/mol. The number of hydrogen-bond donors (Lipinski definition) is 1. The topological polar surface area (TPSA) is 29.3 Å². The minimum atomic E-state index is 0.571. The SMILES string of the molecule is CN(CC1CCCC1)c1cc(Cl)ccc1CN. The second-order valence-corrected chi connectivity index (χ2v) is 5.44. The second kappa shape index (κ2) is 5.74. The third-order valence-corrected chi connectivity index (χ3v) is 3.92. The van der Waals surface area contributed by atoms with Gasteiger partial charge in [-0.2, -0.15) is 0 Å². The Balaban J connectivity index is 2.11. The van der Waals surface area contributed by atoms with Crippen LogP contribution in [0.15, 0.2) is 18.2 Å². The molecule has 1 aromatic rings. The van der Waals surface area contributed by atoms with Crippen LogP contribution >= 0.6 is 11.6 Å². The molecule has 1 aliphatic carbocycles. The van der Waals surface area contributed by atoms with Crippen LogP contribution in [0, 0.1) is 5.92 Å². The van der Waals surface area contributed by atoms with Crippen LogP contribution in [0.4, 0.5) is 5.69 Å². The average molecular weight is 253 g/mol. The molecule has 1 aliphatic rings. The first kappa shape index (κ1) is 12.7. The Bertz CT molecular complexity index is 372. The molecule has 0 amide bonds. The summed E-state index contributed by atoms with van der Waals surface area (Å²) in [6, 6.07) is 5.97. The molecule has 0 unspecified atom stereocenters. The Hall–Kier alpha value is -0.730. The van der Waals surface area contributed by atoms with Crippen molar-refractivity contribution in [1.29, 1.82) is 0 Å². The summed E-state index contributed by atoms with van der Waals surface area (Å²) in [4.78, 5) is 2.31. The Morgan fingerprint density at radius 1 is 1.35 bits per heavy atom. The molecule has 0 atom stereocenters. The number of nitrogens with two attached hydrogens (primary N) is 1. The number of hydrogen-bond acceptors (Lipinski definition) is 2. The molecule has 1 saturated carbocycles. The number of nitrogens with zero attached hydrogens (tertiary/aromatic N) is 1. The van der Waals surface area contributed by atoms with Gasteiger partial charge in [-0.15, -0.1) is 0 Å². The zero-order chi connectivity index (χ0) is 12.3. The van der Waals surface area contributed by atoms with Gasteiger partial charge in [-0.05, 0) is 36.5 Å². The van der Waals surface area contributed by atoms with Crippen molar-refractivity contribution in [3.8, 4) is 0 Å². The zero-order valence-corrected chi connectivity index (χ0v) is 11.2. The van der Waals surface area contributed by atoms with E-state index >= 15 is 0 Å². The predicted octanol–water partition coefficient (Wildman–Crippen LogP) is 3.43. The van der Waals surface area contributed by atoms with E-state index in [0.29, 0.717) is 6.54 Å². The normalized spacial score (nSPS) is 16.4. The van der Waals surface area contributed by atoms with Crippen LogP contribution < -0.4 is 10.6 Å². The summed E-state index contributed by atoms with van der Waals surface area (Å²) in [5.41, 5.74) is 8.14. The Morgan fingerprint density at radius 3 is 2.71 bits per heavy atom.